The molecule has 106 valence electrons. The molecule has 1 heterocycles. The van der Waals surface area contributed by atoms with E-state index >= 15 is 0 Å². The molecule has 21 heavy (non-hydrogen) atoms. The van der Waals surface area contributed by atoms with E-state index in [0.717, 1.165) is 5.56 Å². The summed E-state index contributed by atoms with van der Waals surface area (Å²) in [4.78, 5) is 11.8. The molecule has 0 saturated heterocycles. The molecule has 0 radical (unpaired) electrons. The molecule has 0 bridgehead atoms. The summed E-state index contributed by atoms with van der Waals surface area (Å²) in [5.74, 6) is 0.759. The van der Waals surface area contributed by atoms with E-state index in [2.05, 4.69) is 10.5 Å². The first-order chi connectivity index (χ1) is 10.2. The van der Waals surface area contributed by atoms with Crippen LogP contribution in [0.15, 0.2) is 47.6 Å². The number of hydrazone groups is 1. The van der Waals surface area contributed by atoms with Crippen LogP contribution in [-0.2, 0) is 0 Å². The van der Waals surface area contributed by atoms with Crippen molar-refractivity contribution in [3.8, 4) is 17.2 Å². The Labute approximate surface area is 120 Å². The number of carbonyl (C=O) groups is 1. The van der Waals surface area contributed by atoms with Gasteiger partial charge in [-0.3, -0.25) is 4.79 Å². The summed E-state index contributed by atoms with van der Waals surface area (Å²) < 4.78 is 10.5. The average molecular weight is 284 g/mol. The number of phenols is 1. The standard InChI is InChI=1S/C15H12N2O4/c18-12-4-2-1-3-11(12)15(19)17-16-8-10-5-6-13-14(7-10)21-9-20-13/h1-8,18H,9H2,(H,17,19)/b16-8-. The van der Waals surface area contributed by atoms with Crippen LogP contribution in [0.25, 0.3) is 0 Å². The molecule has 0 aromatic heterocycles. The highest BCUT2D eigenvalue weighted by Crippen LogP contribution is 2.31. The van der Waals surface area contributed by atoms with Crippen LogP contribution < -0.4 is 14.9 Å². The van der Waals surface area contributed by atoms with Gasteiger partial charge in [-0.15, -0.1) is 0 Å². The molecule has 2 aromatic rings. The van der Waals surface area contributed by atoms with Gasteiger partial charge in [-0.25, -0.2) is 5.43 Å². The minimum absolute atomic E-state index is 0.0896. The number of benzene rings is 2. The highest BCUT2D eigenvalue weighted by Gasteiger charge is 2.12. The lowest BCUT2D eigenvalue weighted by atomic mass is 10.2. The van der Waals surface area contributed by atoms with E-state index < -0.39 is 5.91 Å². The van der Waals surface area contributed by atoms with E-state index in [0.29, 0.717) is 11.5 Å². The number of aromatic hydroxyl groups is 1. The summed E-state index contributed by atoms with van der Waals surface area (Å²) in [6.07, 6.45) is 1.49. The van der Waals surface area contributed by atoms with Crippen molar-refractivity contribution in [2.24, 2.45) is 5.10 Å². The van der Waals surface area contributed by atoms with Crippen molar-refractivity contribution in [1.82, 2.24) is 5.43 Å². The lowest BCUT2D eigenvalue weighted by Gasteiger charge is -2.02. The number of carbonyl (C=O) groups excluding carboxylic acids is 1. The first-order valence-corrected chi connectivity index (χ1v) is 6.25. The predicted molar refractivity (Wildman–Crippen MR) is 75.7 cm³/mol. The number of nitrogens with zero attached hydrogens (tertiary/aromatic N) is 1. The summed E-state index contributed by atoms with van der Waals surface area (Å²) in [7, 11) is 0. The molecule has 6 nitrogen and oxygen atoms in total. The van der Waals surface area contributed by atoms with Crippen molar-refractivity contribution < 1.29 is 19.4 Å². The fourth-order valence-corrected chi connectivity index (χ4v) is 1.88. The fourth-order valence-electron chi connectivity index (χ4n) is 1.88. The molecule has 0 atom stereocenters. The molecular formula is C15H12N2O4. The molecule has 1 aliphatic rings. The van der Waals surface area contributed by atoms with Crippen LogP contribution in [0.5, 0.6) is 17.2 Å². The third-order valence-corrected chi connectivity index (χ3v) is 2.93. The molecule has 1 amide bonds. The number of fused-ring (bicyclic) bond motifs is 1. The SMILES string of the molecule is O=C(N/N=C\c1ccc2c(c1)OCO2)c1ccccc1O. The number of rotatable bonds is 3. The van der Waals surface area contributed by atoms with Crippen molar-refractivity contribution in [3.63, 3.8) is 0 Å². The van der Waals surface area contributed by atoms with Gasteiger partial charge >= 0.3 is 0 Å². The minimum Gasteiger partial charge on any atom is -0.507 e. The smallest absolute Gasteiger partial charge is 0.275 e. The Morgan fingerprint density at radius 3 is 2.86 bits per heavy atom. The Kier molecular flexibility index (Phi) is 3.42. The van der Waals surface area contributed by atoms with Crippen LogP contribution in [0.4, 0.5) is 0 Å². The van der Waals surface area contributed by atoms with Gasteiger partial charge in [0.2, 0.25) is 6.79 Å². The fraction of sp³-hybridized carbons (Fsp3) is 0.0667. The highest BCUT2D eigenvalue weighted by atomic mass is 16.7. The Hall–Kier alpha value is -3.02. The summed E-state index contributed by atoms with van der Waals surface area (Å²) in [5.41, 5.74) is 3.28. The molecule has 6 heteroatoms. The molecule has 0 fully saturated rings. The second kappa shape index (κ2) is 5.54. The number of hydrogen-bond acceptors (Lipinski definition) is 5. The second-order valence-electron chi connectivity index (χ2n) is 4.33. The average Bonchev–Trinajstić information content (AvgIpc) is 2.95. The molecule has 0 saturated carbocycles. The number of para-hydroxylation sites is 1. The van der Waals surface area contributed by atoms with Gasteiger partial charge in [0.05, 0.1) is 11.8 Å². The van der Waals surface area contributed by atoms with Gasteiger partial charge < -0.3 is 14.6 Å². The van der Waals surface area contributed by atoms with Crippen molar-refractivity contribution in [2.45, 2.75) is 0 Å². The monoisotopic (exact) mass is 284 g/mol. The van der Waals surface area contributed by atoms with E-state index in [-0.39, 0.29) is 18.1 Å². The largest absolute Gasteiger partial charge is 0.507 e. The lowest BCUT2D eigenvalue weighted by Crippen LogP contribution is -2.17. The van der Waals surface area contributed by atoms with Gasteiger partial charge in [0.15, 0.2) is 11.5 Å². The van der Waals surface area contributed by atoms with Gasteiger partial charge in [-0.2, -0.15) is 5.10 Å². The maximum Gasteiger partial charge on any atom is 0.275 e. The highest BCUT2D eigenvalue weighted by molar-refractivity contribution is 5.97. The zero-order valence-electron chi connectivity index (χ0n) is 10.9. The van der Waals surface area contributed by atoms with Crippen LogP contribution in [0.1, 0.15) is 15.9 Å². The number of hydrogen-bond donors (Lipinski definition) is 2. The lowest BCUT2D eigenvalue weighted by molar-refractivity contribution is 0.0952. The van der Waals surface area contributed by atoms with E-state index in [1.54, 1.807) is 30.3 Å². The molecule has 0 aliphatic carbocycles. The molecule has 2 aromatic carbocycles. The van der Waals surface area contributed by atoms with Crippen LogP contribution >= 0.6 is 0 Å². The summed E-state index contributed by atoms with van der Waals surface area (Å²) in [6.45, 7) is 0.208. The van der Waals surface area contributed by atoms with Gasteiger partial charge in [-0.1, -0.05) is 12.1 Å². The first-order valence-electron chi connectivity index (χ1n) is 6.25. The minimum atomic E-state index is -0.481. The quantitative estimate of drug-likeness (QED) is 0.666. The van der Waals surface area contributed by atoms with Crippen LogP contribution in [-0.4, -0.2) is 24.0 Å². The third kappa shape index (κ3) is 2.79. The van der Waals surface area contributed by atoms with Gasteiger partial charge in [0.1, 0.15) is 5.75 Å². The topological polar surface area (TPSA) is 80.2 Å². The number of amides is 1. The van der Waals surface area contributed by atoms with E-state index in [1.165, 1.54) is 18.3 Å². The molecule has 2 N–H and O–H groups in total. The van der Waals surface area contributed by atoms with Gasteiger partial charge in [0, 0.05) is 0 Å². The third-order valence-electron chi connectivity index (χ3n) is 2.93. The first kappa shape index (κ1) is 13.0. The van der Waals surface area contributed by atoms with Gasteiger partial charge in [0.25, 0.3) is 5.91 Å². The van der Waals surface area contributed by atoms with Gasteiger partial charge in [-0.05, 0) is 35.9 Å². The zero-order chi connectivity index (χ0) is 14.7. The Bertz CT molecular complexity index is 713. The van der Waals surface area contributed by atoms with E-state index in [4.69, 9.17) is 9.47 Å². The maximum absolute atomic E-state index is 11.8. The summed E-state index contributed by atoms with van der Waals surface area (Å²) in [6, 6.07) is 11.6. The molecule has 3 rings (SSSR count). The van der Waals surface area contributed by atoms with Crippen molar-refractivity contribution in [1.29, 1.82) is 0 Å². The zero-order valence-corrected chi connectivity index (χ0v) is 10.9. The Morgan fingerprint density at radius 1 is 1.19 bits per heavy atom. The van der Waals surface area contributed by atoms with Crippen molar-refractivity contribution in [3.05, 3.63) is 53.6 Å². The van der Waals surface area contributed by atoms with Crippen LogP contribution in [0.3, 0.4) is 0 Å². The number of phenolic OH excluding ortho intramolecular Hbond substituents is 1. The van der Waals surface area contributed by atoms with Crippen molar-refractivity contribution >= 4 is 12.1 Å². The maximum atomic E-state index is 11.8. The van der Waals surface area contributed by atoms with Crippen LogP contribution in [0.2, 0.25) is 0 Å². The molecule has 0 unspecified atom stereocenters. The molecule has 0 spiro atoms. The van der Waals surface area contributed by atoms with Crippen LogP contribution in [0, 0.1) is 0 Å². The van der Waals surface area contributed by atoms with Crippen molar-refractivity contribution in [2.75, 3.05) is 6.79 Å². The van der Waals surface area contributed by atoms with E-state index in [9.17, 15) is 9.90 Å². The Balaban J connectivity index is 1.67. The summed E-state index contributed by atoms with van der Waals surface area (Å²) >= 11 is 0. The number of ether oxygens (including phenoxy) is 2. The molecule has 1 aliphatic heterocycles. The predicted octanol–water partition coefficient (Wildman–Crippen LogP) is 1.88. The second-order valence-corrected chi connectivity index (χ2v) is 4.33. The normalized spacial score (nSPS) is 12.6. The molecular weight excluding hydrogens is 272 g/mol. The summed E-state index contributed by atoms with van der Waals surface area (Å²) in [5, 5.41) is 13.4. The van der Waals surface area contributed by atoms with E-state index in [1.807, 2.05) is 0 Å². The number of nitrogens with one attached hydrogen (secondary N) is 1. The Morgan fingerprint density at radius 2 is 2.00 bits per heavy atom.